The van der Waals surface area contributed by atoms with Crippen LogP contribution in [0.2, 0.25) is 0 Å². The minimum Gasteiger partial charge on any atom is -0.497 e. The van der Waals surface area contributed by atoms with Gasteiger partial charge in [0.05, 0.1) is 12.8 Å². The van der Waals surface area contributed by atoms with Gasteiger partial charge in [0.1, 0.15) is 34.6 Å². The highest BCUT2D eigenvalue weighted by Crippen LogP contribution is 2.26. The summed E-state index contributed by atoms with van der Waals surface area (Å²) >= 11 is 0. The van der Waals surface area contributed by atoms with Crippen molar-refractivity contribution >= 4 is 15.7 Å². The lowest BCUT2D eigenvalue weighted by Gasteiger charge is -2.09. The SMILES string of the molecule is COc1ccc(F)c(NS(=O)(=O)c2cc(CO)oc2C)c1. The van der Waals surface area contributed by atoms with Gasteiger partial charge in [0.25, 0.3) is 10.0 Å². The Kier molecular flexibility index (Phi) is 4.19. The first-order chi connectivity index (χ1) is 9.87. The van der Waals surface area contributed by atoms with E-state index in [4.69, 9.17) is 14.3 Å². The Morgan fingerprint density at radius 3 is 2.67 bits per heavy atom. The Morgan fingerprint density at radius 1 is 1.38 bits per heavy atom. The number of furan rings is 1. The lowest BCUT2D eigenvalue weighted by Crippen LogP contribution is -2.14. The molecule has 0 spiro atoms. The third kappa shape index (κ3) is 3.17. The molecule has 0 atom stereocenters. The first kappa shape index (κ1) is 15.3. The summed E-state index contributed by atoms with van der Waals surface area (Å²) in [5.74, 6) is -0.203. The van der Waals surface area contributed by atoms with Crippen LogP contribution in [0.1, 0.15) is 11.5 Å². The zero-order chi connectivity index (χ0) is 15.6. The average molecular weight is 315 g/mol. The van der Waals surface area contributed by atoms with Crippen molar-refractivity contribution in [1.29, 1.82) is 0 Å². The predicted molar refractivity (Wildman–Crippen MR) is 73.1 cm³/mol. The van der Waals surface area contributed by atoms with Gasteiger partial charge in [-0.3, -0.25) is 4.72 Å². The second-order valence-electron chi connectivity index (χ2n) is 4.24. The van der Waals surface area contributed by atoms with Crippen LogP contribution in [0.4, 0.5) is 10.1 Å². The predicted octanol–water partition coefficient (Wildman–Crippen LogP) is 2.03. The number of hydrogen-bond acceptors (Lipinski definition) is 5. The van der Waals surface area contributed by atoms with Crippen molar-refractivity contribution in [2.45, 2.75) is 18.4 Å². The number of aliphatic hydroxyl groups is 1. The standard InChI is InChI=1S/C13H14FNO5S/c1-8-13(6-10(7-16)20-8)21(17,18)15-12-5-9(19-2)3-4-11(12)14/h3-6,15-16H,7H2,1-2H3. The molecule has 0 radical (unpaired) electrons. The summed E-state index contributed by atoms with van der Waals surface area (Å²) in [6, 6.07) is 4.89. The quantitative estimate of drug-likeness (QED) is 0.881. The number of rotatable bonds is 5. The van der Waals surface area contributed by atoms with Crippen LogP contribution in [0, 0.1) is 12.7 Å². The number of aliphatic hydroxyl groups excluding tert-OH is 1. The molecule has 0 saturated carbocycles. The van der Waals surface area contributed by atoms with Crippen molar-refractivity contribution < 1.29 is 27.1 Å². The van der Waals surface area contributed by atoms with Crippen molar-refractivity contribution in [2.24, 2.45) is 0 Å². The topological polar surface area (TPSA) is 88.8 Å². The molecule has 0 saturated heterocycles. The monoisotopic (exact) mass is 315 g/mol. The average Bonchev–Trinajstić information content (AvgIpc) is 2.83. The molecule has 2 N–H and O–H groups in total. The van der Waals surface area contributed by atoms with Crippen LogP contribution in [0.3, 0.4) is 0 Å². The number of methoxy groups -OCH3 is 1. The van der Waals surface area contributed by atoms with Gasteiger partial charge >= 0.3 is 0 Å². The lowest BCUT2D eigenvalue weighted by molar-refractivity contribution is 0.245. The van der Waals surface area contributed by atoms with E-state index in [9.17, 15) is 12.8 Å². The van der Waals surface area contributed by atoms with E-state index < -0.39 is 22.4 Å². The number of sulfonamides is 1. The van der Waals surface area contributed by atoms with Crippen molar-refractivity contribution in [1.82, 2.24) is 0 Å². The van der Waals surface area contributed by atoms with Crippen LogP contribution in [0.25, 0.3) is 0 Å². The van der Waals surface area contributed by atoms with E-state index in [2.05, 4.69) is 4.72 Å². The van der Waals surface area contributed by atoms with Crippen LogP contribution in [-0.4, -0.2) is 20.6 Å². The first-order valence-corrected chi connectivity index (χ1v) is 7.42. The largest absolute Gasteiger partial charge is 0.497 e. The van der Waals surface area contributed by atoms with Crippen LogP contribution in [-0.2, 0) is 16.6 Å². The minimum absolute atomic E-state index is 0.106. The fourth-order valence-corrected chi connectivity index (χ4v) is 3.04. The molecule has 6 nitrogen and oxygen atoms in total. The molecule has 0 aliphatic carbocycles. The molecule has 0 aliphatic rings. The molecule has 0 unspecified atom stereocenters. The van der Waals surface area contributed by atoms with Gasteiger partial charge in [0.2, 0.25) is 0 Å². The summed E-state index contributed by atoms with van der Waals surface area (Å²) in [5.41, 5.74) is -0.236. The molecule has 2 aromatic rings. The molecule has 0 bridgehead atoms. The van der Waals surface area contributed by atoms with Crippen LogP contribution < -0.4 is 9.46 Å². The van der Waals surface area contributed by atoms with Crippen LogP contribution >= 0.6 is 0 Å². The summed E-state index contributed by atoms with van der Waals surface area (Å²) in [5, 5.41) is 8.96. The molecule has 0 amide bonds. The Morgan fingerprint density at radius 2 is 2.10 bits per heavy atom. The molecule has 1 aromatic carbocycles. The smallest absolute Gasteiger partial charge is 0.265 e. The zero-order valence-corrected chi connectivity index (χ0v) is 12.2. The molecule has 114 valence electrons. The van der Waals surface area contributed by atoms with E-state index in [0.29, 0.717) is 5.75 Å². The molecule has 2 rings (SSSR count). The molecular weight excluding hydrogens is 301 g/mol. The van der Waals surface area contributed by atoms with E-state index >= 15 is 0 Å². The van der Waals surface area contributed by atoms with E-state index in [0.717, 1.165) is 6.07 Å². The number of anilines is 1. The van der Waals surface area contributed by atoms with Gasteiger partial charge < -0.3 is 14.3 Å². The van der Waals surface area contributed by atoms with Crippen molar-refractivity contribution in [3.63, 3.8) is 0 Å². The Hall–Kier alpha value is -2.06. The fourth-order valence-electron chi connectivity index (χ4n) is 1.78. The van der Waals surface area contributed by atoms with E-state index in [1.807, 2.05) is 0 Å². The number of benzene rings is 1. The van der Waals surface area contributed by atoms with Crippen LogP contribution in [0.15, 0.2) is 33.6 Å². The number of halogens is 1. The van der Waals surface area contributed by atoms with Gasteiger partial charge in [0, 0.05) is 12.1 Å². The number of hydrogen-bond donors (Lipinski definition) is 2. The number of aryl methyl sites for hydroxylation is 1. The van der Waals surface area contributed by atoms with E-state index in [-0.39, 0.29) is 22.1 Å². The summed E-state index contributed by atoms with van der Waals surface area (Å²) in [6.45, 7) is 1.01. The maximum absolute atomic E-state index is 13.7. The van der Waals surface area contributed by atoms with Gasteiger partial charge in [-0.2, -0.15) is 0 Å². The Labute approximate surface area is 121 Å². The fraction of sp³-hybridized carbons (Fsp3) is 0.231. The van der Waals surface area contributed by atoms with E-state index in [1.54, 1.807) is 0 Å². The number of nitrogens with one attached hydrogen (secondary N) is 1. The molecule has 8 heteroatoms. The highest BCUT2D eigenvalue weighted by Gasteiger charge is 2.22. The number of ether oxygens (including phenoxy) is 1. The second kappa shape index (κ2) is 5.74. The highest BCUT2D eigenvalue weighted by molar-refractivity contribution is 7.92. The second-order valence-corrected chi connectivity index (χ2v) is 5.89. The normalized spacial score (nSPS) is 11.4. The van der Waals surface area contributed by atoms with Gasteiger partial charge in [-0.05, 0) is 19.1 Å². The first-order valence-electron chi connectivity index (χ1n) is 5.94. The van der Waals surface area contributed by atoms with Gasteiger partial charge in [-0.15, -0.1) is 0 Å². The summed E-state index contributed by atoms with van der Waals surface area (Å²) in [4.78, 5) is -0.159. The maximum Gasteiger partial charge on any atom is 0.265 e. The zero-order valence-electron chi connectivity index (χ0n) is 11.4. The molecule has 21 heavy (non-hydrogen) atoms. The summed E-state index contributed by atoms with van der Waals surface area (Å²) in [7, 11) is -2.64. The molecular formula is C13H14FNO5S. The van der Waals surface area contributed by atoms with Gasteiger partial charge in [-0.1, -0.05) is 0 Å². The summed E-state index contributed by atoms with van der Waals surface area (Å²) in [6.07, 6.45) is 0. The lowest BCUT2D eigenvalue weighted by atomic mass is 10.3. The summed E-state index contributed by atoms with van der Waals surface area (Å²) < 4.78 is 50.3. The van der Waals surface area contributed by atoms with Gasteiger partial charge in [-0.25, -0.2) is 12.8 Å². The highest BCUT2D eigenvalue weighted by atomic mass is 32.2. The third-order valence-corrected chi connectivity index (χ3v) is 4.26. The Bertz CT molecular complexity index is 754. The minimum atomic E-state index is -4.03. The van der Waals surface area contributed by atoms with Crippen LogP contribution in [0.5, 0.6) is 5.75 Å². The molecule has 0 aliphatic heterocycles. The molecule has 1 heterocycles. The molecule has 0 fully saturated rings. The molecule has 1 aromatic heterocycles. The Balaban J connectivity index is 2.39. The van der Waals surface area contributed by atoms with E-state index in [1.165, 1.54) is 32.2 Å². The third-order valence-electron chi connectivity index (χ3n) is 2.79. The van der Waals surface area contributed by atoms with Crippen molar-refractivity contribution in [2.75, 3.05) is 11.8 Å². The maximum atomic E-state index is 13.7. The van der Waals surface area contributed by atoms with Gasteiger partial charge in [0.15, 0.2) is 0 Å². The van der Waals surface area contributed by atoms with Crippen molar-refractivity contribution in [3.8, 4) is 5.75 Å². The van der Waals surface area contributed by atoms with Crippen molar-refractivity contribution in [3.05, 3.63) is 41.6 Å².